The fourth-order valence-corrected chi connectivity index (χ4v) is 2.02. The van der Waals surface area contributed by atoms with Gasteiger partial charge in [-0.05, 0) is 25.8 Å². The van der Waals surface area contributed by atoms with Crippen LogP contribution < -0.4 is 5.73 Å². The van der Waals surface area contributed by atoms with E-state index in [0.29, 0.717) is 18.9 Å². The Morgan fingerprint density at radius 2 is 1.87 bits per heavy atom. The Bertz CT molecular complexity index is 397. The molecular formula is C11H12F3N. The summed E-state index contributed by atoms with van der Waals surface area (Å²) in [7, 11) is 0. The predicted molar refractivity (Wildman–Crippen MR) is 50.9 cm³/mol. The molecule has 2 rings (SSSR count). The van der Waals surface area contributed by atoms with Crippen molar-refractivity contribution in [3.8, 4) is 0 Å². The van der Waals surface area contributed by atoms with Crippen molar-refractivity contribution in [3.63, 3.8) is 0 Å². The molecule has 1 aliphatic carbocycles. The monoisotopic (exact) mass is 215 g/mol. The van der Waals surface area contributed by atoms with E-state index in [1.54, 1.807) is 6.92 Å². The Morgan fingerprint density at radius 1 is 1.27 bits per heavy atom. The zero-order valence-electron chi connectivity index (χ0n) is 8.36. The molecule has 0 aliphatic heterocycles. The number of hydrogen-bond acceptors (Lipinski definition) is 1. The first-order chi connectivity index (χ1) is 6.97. The van der Waals surface area contributed by atoms with Crippen molar-refractivity contribution in [1.29, 1.82) is 0 Å². The fraction of sp³-hybridized carbons (Fsp3) is 0.455. The van der Waals surface area contributed by atoms with Crippen LogP contribution in [0.1, 0.15) is 25.3 Å². The molecule has 0 heterocycles. The van der Waals surface area contributed by atoms with Crippen molar-refractivity contribution in [1.82, 2.24) is 0 Å². The van der Waals surface area contributed by atoms with E-state index in [0.717, 1.165) is 6.07 Å². The first-order valence-corrected chi connectivity index (χ1v) is 4.88. The van der Waals surface area contributed by atoms with Gasteiger partial charge in [0, 0.05) is 23.1 Å². The van der Waals surface area contributed by atoms with Crippen LogP contribution in [0, 0.1) is 17.5 Å². The van der Waals surface area contributed by atoms with Gasteiger partial charge in [-0.25, -0.2) is 13.2 Å². The molecule has 1 aliphatic rings. The maximum absolute atomic E-state index is 13.5. The zero-order chi connectivity index (χ0) is 11.2. The maximum Gasteiger partial charge on any atom is 0.162 e. The smallest absolute Gasteiger partial charge is 0.162 e. The zero-order valence-corrected chi connectivity index (χ0v) is 8.36. The van der Waals surface area contributed by atoms with Gasteiger partial charge in [0.15, 0.2) is 11.6 Å². The molecule has 0 radical (unpaired) electrons. The molecule has 1 saturated carbocycles. The first-order valence-electron chi connectivity index (χ1n) is 4.88. The van der Waals surface area contributed by atoms with Crippen LogP contribution in [0.25, 0.3) is 0 Å². The highest BCUT2D eigenvalue weighted by Gasteiger charge is 2.49. The summed E-state index contributed by atoms with van der Waals surface area (Å²) in [5.74, 6) is -2.86. The number of nitrogens with two attached hydrogens (primary N) is 1. The lowest BCUT2D eigenvalue weighted by molar-refractivity contribution is 0.452. The third kappa shape index (κ3) is 1.53. The molecule has 1 fully saturated rings. The lowest BCUT2D eigenvalue weighted by Crippen LogP contribution is -2.32. The van der Waals surface area contributed by atoms with Crippen molar-refractivity contribution in [2.24, 2.45) is 5.73 Å². The molecule has 4 heteroatoms. The predicted octanol–water partition coefficient (Wildman–Crippen LogP) is 2.48. The molecule has 0 bridgehead atoms. The van der Waals surface area contributed by atoms with Gasteiger partial charge in [-0.3, -0.25) is 0 Å². The van der Waals surface area contributed by atoms with Crippen LogP contribution >= 0.6 is 0 Å². The number of rotatable bonds is 2. The molecule has 2 N–H and O–H groups in total. The lowest BCUT2D eigenvalue weighted by Gasteiger charge is -2.20. The van der Waals surface area contributed by atoms with E-state index in [4.69, 9.17) is 5.73 Å². The maximum atomic E-state index is 13.5. The van der Waals surface area contributed by atoms with Crippen molar-refractivity contribution in [2.75, 3.05) is 0 Å². The molecule has 0 amide bonds. The molecule has 82 valence electrons. The summed E-state index contributed by atoms with van der Waals surface area (Å²) >= 11 is 0. The summed E-state index contributed by atoms with van der Waals surface area (Å²) in [6, 6.07) is 1.30. The van der Waals surface area contributed by atoms with E-state index in [1.165, 1.54) is 0 Å². The summed E-state index contributed by atoms with van der Waals surface area (Å²) in [5, 5.41) is 0. The van der Waals surface area contributed by atoms with Gasteiger partial charge in [-0.2, -0.15) is 0 Å². The third-order valence-corrected chi connectivity index (χ3v) is 3.19. The van der Waals surface area contributed by atoms with Crippen molar-refractivity contribution in [2.45, 2.75) is 31.2 Å². The minimum Gasteiger partial charge on any atom is -0.327 e. The van der Waals surface area contributed by atoms with Gasteiger partial charge in [-0.1, -0.05) is 0 Å². The van der Waals surface area contributed by atoms with Crippen LogP contribution in [0.2, 0.25) is 0 Å². The molecule has 1 aromatic carbocycles. The lowest BCUT2D eigenvalue weighted by atomic mass is 9.89. The molecule has 0 saturated heterocycles. The average molecular weight is 215 g/mol. The van der Waals surface area contributed by atoms with Gasteiger partial charge in [0.2, 0.25) is 0 Å². The van der Waals surface area contributed by atoms with E-state index < -0.39 is 22.9 Å². The quantitative estimate of drug-likeness (QED) is 0.753. The van der Waals surface area contributed by atoms with Gasteiger partial charge < -0.3 is 5.73 Å². The summed E-state index contributed by atoms with van der Waals surface area (Å²) in [5.41, 5.74) is 5.24. The molecule has 1 atom stereocenters. The minimum atomic E-state index is -1.14. The van der Waals surface area contributed by atoms with Gasteiger partial charge >= 0.3 is 0 Å². The first kappa shape index (κ1) is 10.5. The molecule has 0 aromatic heterocycles. The Morgan fingerprint density at radius 3 is 2.33 bits per heavy atom. The molecule has 1 aromatic rings. The van der Waals surface area contributed by atoms with Crippen molar-refractivity contribution in [3.05, 3.63) is 35.1 Å². The Hall–Kier alpha value is -1.03. The van der Waals surface area contributed by atoms with Crippen LogP contribution in [0.4, 0.5) is 13.2 Å². The number of benzene rings is 1. The van der Waals surface area contributed by atoms with Crippen LogP contribution in [0.15, 0.2) is 12.1 Å². The normalized spacial score (nSPS) is 20.1. The van der Waals surface area contributed by atoms with E-state index in [2.05, 4.69) is 0 Å². The van der Waals surface area contributed by atoms with Gasteiger partial charge in [0.05, 0.1) is 0 Å². The highest BCUT2D eigenvalue weighted by atomic mass is 19.2. The van der Waals surface area contributed by atoms with E-state index >= 15 is 0 Å². The van der Waals surface area contributed by atoms with Crippen molar-refractivity contribution < 1.29 is 13.2 Å². The second-order valence-corrected chi connectivity index (χ2v) is 4.19. The summed E-state index contributed by atoms with van der Waals surface area (Å²) in [4.78, 5) is 0. The van der Waals surface area contributed by atoms with Crippen LogP contribution in [0.5, 0.6) is 0 Å². The van der Waals surface area contributed by atoms with E-state index in [9.17, 15) is 13.2 Å². The number of hydrogen-bond donors (Lipinski definition) is 1. The Kier molecular flexibility index (Phi) is 2.26. The molecule has 1 unspecified atom stereocenters. The third-order valence-electron chi connectivity index (χ3n) is 3.19. The summed E-state index contributed by atoms with van der Waals surface area (Å²) < 4.78 is 39.5. The largest absolute Gasteiger partial charge is 0.327 e. The standard InChI is InChI=1S/C11H12F3N/c1-6(15)11(2-3-11)8-4-7(12)5-9(13)10(8)14/h4-6H,2-3,15H2,1H3. The molecule has 1 nitrogen and oxygen atoms in total. The highest BCUT2D eigenvalue weighted by molar-refractivity contribution is 5.35. The summed E-state index contributed by atoms with van der Waals surface area (Å²) in [6.45, 7) is 1.73. The van der Waals surface area contributed by atoms with Gasteiger partial charge in [0.25, 0.3) is 0 Å². The SMILES string of the molecule is CC(N)C1(c2cc(F)cc(F)c2F)CC1. The summed E-state index contributed by atoms with van der Waals surface area (Å²) in [6.07, 6.45) is 1.37. The van der Waals surface area contributed by atoms with Crippen LogP contribution in [-0.4, -0.2) is 6.04 Å². The molecule has 0 spiro atoms. The van der Waals surface area contributed by atoms with Crippen LogP contribution in [0.3, 0.4) is 0 Å². The second kappa shape index (κ2) is 3.23. The van der Waals surface area contributed by atoms with Gasteiger partial charge in [0.1, 0.15) is 5.82 Å². The van der Waals surface area contributed by atoms with Crippen LogP contribution in [-0.2, 0) is 5.41 Å². The minimum absolute atomic E-state index is 0.0787. The molecule has 15 heavy (non-hydrogen) atoms. The van der Waals surface area contributed by atoms with E-state index in [1.807, 2.05) is 0 Å². The number of halogens is 3. The average Bonchev–Trinajstić information content (AvgIpc) is 2.91. The molecular weight excluding hydrogens is 203 g/mol. The van der Waals surface area contributed by atoms with Crippen molar-refractivity contribution >= 4 is 0 Å². The van der Waals surface area contributed by atoms with E-state index in [-0.39, 0.29) is 11.6 Å². The topological polar surface area (TPSA) is 26.0 Å². The Balaban J connectivity index is 2.53. The van der Waals surface area contributed by atoms with Gasteiger partial charge in [-0.15, -0.1) is 0 Å². The highest BCUT2D eigenvalue weighted by Crippen LogP contribution is 2.51. The fourth-order valence-electron chi connectivity index (χ4n) is 2.02. The Labute approximate surface area is 86.1 Å². The second-order valence-electron chi connectivity index (χ2n) is 4.19.